The second-order valence-corrected chi connectivity index (χ2v) is 7.73. The molecule has 0 aliphatic heterocycles. The maximum atomic E-state index is 12.5. The number of Topliss-reactive ketones (excluding diaryl/α,β-unsaturated/α-hetero) is 1. The molecule has 0 bridgehead atoms. The quantitative estimate of drug-likeness (QED) is 0.213. The van der Waals surface area contributed by atoms with E-state index in [9.17, 15) is 4.79 Å². The molecule has 0 aliphatic carbocycles. The molecule has 0 saturated carbocycles. The van der Waals surface area contributed by atoms with E-state index >= 15 is 0 Å². The van der Waals surface area contributed by atoms with Crippen LogP contribution >= 0.6 is 0 Å². The lowest BCUT2D eigenvalue weighted by Gasteiger charge is -2.15. The Kier molecular flexibility index (Phi) is 14.4. The highest BCUT2D eigenvalue weighted by atomic mass is 16.1. The number of nitrogens with one attached hydrogen (secondary N) is 1. The molecule has 0 aliphatic rings. The van der Waals surface area contributed by atoms with Gasteiger partial charge >= 0.3 is 0 Å². The van der Waals surface area contributed by atoms with E-state index in [1.165, 1.54) is 64.2 Å². The van der Waals surface area contributed by atoms with Gasteiger partial charge in [-0.2, -0.15) is 0 Å². The van der Waals surface area contributed by atoms with Crippen molar-refractivity contribution in [3.63, 3.8) is 0 Å². The molecule has 0 radical (unpaired) electrons. The fourth-order valence-corrected chi connectivity index (χ4v) is 3.56. The Labute approximate surface area is 167 Å². The van der Waals surface area contributed by atoms with E-state index in [0.717, 1.165) is 24.9 Å². The van der Waals surface area contributed by atoms with Crippen LogP contribution in [-0.4, -0.2) is 12.3 Å². The van der Waals surface area contributed by atoms with Gasteiger partial charge in [0.25, 0.3) is 0 Å². The topological polar surface area (TPSA) is 29.1 Å². The molecule has 152 valence electrons. The molecule has 1 unspecified atom stereocenters. The fraction of sp³-hybridized carbons (Fsp3) is 0.640. The van der Waals surface area contributed by atoms with Gasteiger partial charge in [-0.1, -0.05) is 102 Å². The molecule has 1 N–H and O–H groups in total. The summed E-state index contributed by atoms with van der Waals surface area (Å²) >= 11 is 0. The second kappa shape index (κ2) is 16.6. The average molecular weight is 372 g/mol. The van der Waals surface area contributed by atoms with Gasteiger partial charge in [0.15, 0.2) is 5.78 Å². The van der Waals surface area contributed by atoms with Gasteiger partial charge < -0.3 is 5.32 Å². The first-order chi connectivity index (χ1) is 13.3. The first kappa shape index (κ1) is 23.5. The zero-order chi connectivity index (χ0) is 19.6. The molecule has 0 amide bonds. The predicted octanol–water partition coefficient (Wildman–Crippen LogP) is 7.56. The summed E-state index contributed by atoms with van der Waals surface area (Å²) in [7, 11) is 0. The maximum absolute atomic E-state index is 12.5. The minimum absolute atomic E-state index is 0.122. The number of ketones is 1. The Hall–Kier alpha value is -1.57. The molecule has 0 fully saturated rings. The summed E-state index contributed by atoms with van der Waals surface area (Å²) in [6.07, 6.45) is 18.5. The molecule has 1 aromatic rings. The van der Waals surface area contributed by atoms with Crippen LogP contribution in [0, 0.1) is 5.92 Å². The minimum Gasteiger partial charge on any atom is -0.378 e. The summed E-state index contributed by atoms with van der Waals surface area (Å²) in [5.41, 5.74) is 1.01. The van der Waals surface area contributed by atoms with Gasteiger partial charge in [-0.3, -0.25) is 4.79 Å². The van der Waals surface area contributed by atoms with Crippen molar-refractivity contribution in [2.75, 3.05) is 11.9 Å². The molecular formula is C25H41NO. The van der Waals surface area contributed by atoms with Gasteiger partial charge in [0, 0.05) is 11.6 Å². The zero-order valence-electron chi connectivity index (χ0n) is 17.6. The molecule has 0 heterocycles. The normalized spacial score (nSPS) is 11.9. The Balaban J connectivity index is 2.08. The molecule has 1 rings (SSSR count). The highest BCUT2D eigenvalue weighted by molar-refractivity contribution is 5.85. The third-order valence-electron chi connectivity index (χ3n) is 5.30. The van der Waals surface area contributed by atoms with Crippen LogP contribution in [0.2, 0.25) is 0 Å². The summed E-state index contributed by atoms with van der Waals surface area (Å²) in [5.74, 6) is 0.433. The van der Waals surface area contributed by atoms with Gasteiger partial charge in [-0.25, -0.2) is 0 Å². The van der Waals surface area contributed by atoms with Crippen LogP contribution in [0.1, 0.15) is 90.4 Å². The Bertz CT molecular complexity index is 482. The van der Waals surface area contributed by atoms with Crippen molar-refractivity contribution < 1.29 is 4.79 Å². The first-order valence-electron chi connectivity index (χ1n) is 11.2. The van der Waals surface area contributed by atoms with Gasteiger partial charge in [-0.15, -0.1) is 6.58 Å². The summed E-state index contributed by atoms with van der Waals surface area (Å²) in [4.78, 5) is 12.5. The number of carbonyl (C=O) groups is 1. The number of hydrogen-bond donors (Lipinski definition) is 1. The Morgan fingerprint density at radius 3 is 2.04 bits per heavy atom. The number of carbonyl (C=O) groups excluding carboxylic acids is 1. The van der Waals surface area contributed by atoms with Crippen molar-refractivity contribution in [2.24, 2.45) is 5.92 Å². The number of rotatable bonds is 18. The van der Waals surface area contributed by atoms with Gasteiger partial charge in [-0.05, 0) is 25.0 Å². The fourth-order valence-electron chi connectivity index (χ4n) is 3.56. The van der Waals surface area contributed by atoms with Crippen LogP contribution in [0.15, 0.2) is 43.0 Å². The highest BCUT2D eigenvalue weighted by Crippen LogP contribution is 2.18. The van der Waals surface area contributed by atoms with E-state index in [2.05, 4.69) is 18.8 Å². The third kappa shape index (κ3) is 12.4. The van der Waals surface area contributed by atoms with Crippen molar-refractivity contribution in [3.05, 3.63) is 43.0 Å². The number of allylic oxidation sites excluding steroid dienone is 1. The molecule has 1 aromatic carbocycles. The van der Waals surface area contributed by atoms with E-state index in [4.69, 9.17) is 0 Å². The van der Waals surface area contributed by atoms with E-state index in [0.29, 0.717) is 12.3 Å². The molecule has 2 nitrogen and oxygen atoms in total. The first-order valence-corrected chi connectivity index (χ1v) is 11.2. The molecule has 0 spiro atoms. The van der Waals surface area contributed by atoms with Gasteiger partial charge in [0.05, 0.1) is 6.54 Å². The zero-order valence-corrected chi connectivity index (χ0v) is 17.6. The van der Waals surface area contributed by atoms with Crippen LogP contribution in [0.4, 0.5) is 5.69 Å². The third-order valence-corrected chi connectivity index (χ3v) is 5.30. The molecular weight excluding hydrogens is 330 g/mol. The van der Waals surface area contributed by atoms with Crippen LogP contribution in [0.3, 0.4) is 0 Å². The number of anilines is 1. The van der Waals surface area contributed by atoms with Gasteiger partial charge in [0.2, 0.25) is 0 Å². The number of hydrogen-bond acceptors (Lipinski definition) is 2. The smallest absolute Gasteiger partial charge is 0.155 e. The lowest BCUT2D eigenvalue weighted by molar-refractivity contribution is -0.121. The number of benzene rings is 1. The molecule has 0 saturated heterocycles. The minimum atomic E-state index is 0.122. The van der Waals surface area contributed by atoms with Crippen LogP contribution in [-0.2, 0) is 4.79 Å². The molecule has 27 heavy (non-hydrogen) atoms. The van der Waals surface area contributed by atoms with Crippen molar-refractivity contribution in [2.45, 2.75) is 90.4 Å². The number of para-hydroxylation sites is 1. The lowest BCUT2D eigenvalue weighted by Crippen LogP contribution is -2.22. The Morgan fingerprint density at radius 1 is 0.926 bits per heavy atom. The van der Waals surface area contributed by atoms with Crippen LogP contribution in [0.5, 0.6) is 0 Å². The average Bonchev–Trinajstić information content (AvgIpc) is 2.70. The second-order valence-electron chi connectivity index (χ2n) is 7.73. The van der Waals surface area contributed by atoms with E-state index < -0.39 is 0 Å². The van der Waals surface area contributed by atoms with Crippen molar-refractivity contribution in [1.29, 1.82) is 0 Å². The molecule has 0 aromatic heterocycles. The standard InChI is InChI=1S/C25H41NO/c1-3-5-6-7-8-9-10-11-12-13-15-19-23(18-4-2)25(27)22-26-24-20-16-14-17-21-24/h4,14,16-17,20-21,23,26H,2-3,5-13,15,18-19,22H2,1H3. The predicted molar refractivity (Wildman–Crippen MR) is 119 cm³/mol. The molecule has 2 heteroatoms. The Morgan fingerprint density at radius 2 is 1.48 bits per heavy atom. The lowest BCUT2D eigenvalue weighted by atomic mass is 9.93. The monoisotopic (exact) mass is 371 g/mol. The summed E-state index contributed by atoms with van der Waals surface area (Å²) in [6, 6.07) is 9.96. The summed E-state index contributed by atoms with van der Waals surface area (Å²) in [6.45, 7) is 6.52. The van der Waals surface area contributed by atoms with Crippen molar-refractivity contribution in [1.82, 2.24) is 0 Å². The van der Waals surface area contributed by atoms with Gasteiger partial charge in [0.1, 0.15) is 0 Å². The maximum Gasteiger partial charge on any atom is 0.155 e. The van der Waals surface area contributed by atoms with Crippen LogP contribution < -0.4 is 5.32 Å². The highest BCUT2D eigenvalue weighted by Gasteiger charge is 2.16. The summed E-state index contributed by atoms with van der Waals surface area (Å²) in [5, 5.41) is 3.24. The summed E-state index contributed by atoms with van der Waals surface area (Å²) < 4.78 is 0. The van der Waals surface area contributed by atoms with Crippen molar-refractivity contribution in [3.8, 4) is 0 Å². The largest absolute Gasteiger partial charge is 0.378 e. The van der Waals surface area contributed by atoms with E-state index in [-0.39, 0.29) is 5.92 Å². The van der Waals surface area contributed by atoms with Crippen LogP contribution in [0.25, 0.3) is 0 Å². The van der Waals surface area contributed by atoms with E-state index in [1.807, 2.05) is 36.4 Å². The van der Waals surface area contributed by atoms with E-state index in [1.54, 1.807) is 0 Å². The number of unbranched alkanes of at least 4 members (excludes halogenated alkanes) is 10. The van der Waals surface area contributed by atoms with Crippen molar-refractivity contribution >= 4 is 11.5 Å². The SMILES string of the molecule is C=CCC(CCCCCCCCCCCCC)C(=O)CNc1ccccc1. The molecule has 1 atom stereocenters.